The van der Waals surface area contributed by atoms with Crippen LogP contribution in [-0.4, -0.2) is 51.5 Å². The number of rotatable bonds is 3. The predicted octanol–water partition coefficient (Wildman–Crippen LogP) is 0.0526. The first-order valence-corrected chi connectivity index (χ1v) is 6.33. The molecule has 3 N–H and O–H groups in total. The van der Waals surface area contributed by atoms with Gasteiger partial charge in [-0.3, -0.25) is 4.98 Å². The zero-order valence-corrected chi connectivity index (χ0v) is 10.6. The maximum Gasteiger partial charge on any atom is 0.184 e. The van der Waals surface area contributed by atoms with Crippen molar-refractivity contribution in [3.05, 3.63) is 36.5 Å². The number of ether oxygens (including phenoxy) is 2. The molecule has 1 aliphatic heterocycles. The molecular weight excluding hydrogens is 262 g/mol. The fourth-order valence-corrected chi connectivity index (χ4v) is 2.23. The van der Waals surface area contributed by atoms with E-state index in [4.69, 9.17) is 9.47 Å². The average Bonchev–Trinajstić information content (AvgIpc) is 2.72. The summed E-state index contributed by atoms with van der Waals surface area (Å²) in [5.74, 6) is 0.565. The Labute approximate surface area is 115 Å². The van der Waals surface area contributed by atoms with Gasteiger partial charge in [-0.2, -0.15) is 0 Å². The highest BCUT2D eigenvalue weighted by atomic mass is 16.7. The average molecular weight is 277 g/mol. The molecule has 6 nitrogen and oxygen atoms in total. The van der Waals surface area contributed by atoms with Crippen molar-refractivity contribution in [2.24, 2.45) is 0 Å². The summed E-state index contributed by atoms with van der Waals surface area (Å²) in [5.41, 5.74) is 0.712. The quantitative estimate of drug-likeness (QED) is 0.734. The standard InChI is InChI=1S/C14H15NO5/c16-12-10(20-14(18)13(12)17)7-19-9-5-1-3-8-4-2-6-15-11(8)9/h1-6,10,12-14,16-18H,7H2/t10-,12-,13-,14?/m1/s1. The fraction of sp³-hybridized carbons (Fsp3) is 0.357. The first-order chi connectivity index (χ1) is 9.66. The summed E-state index contributed by atoms with van der Waals surface area (Å²) >= 11 is 0. The molecule has 0 saturated carbocycles. The molecule has 0 amide bonds. The van der Waals surface area contributed by atoms with Crippen LogP contribution in [0.5, 0.6) is 5.75 Å². The number of aliphatic hydroxyl groups excluding tert-OH is 3. The Morgan fingerprint density at radius 2 is 1.90 bits per heavy atom. The maximum atomic E-state index is 9.69. The molecule has 3 rings (SSSR count). The minimum atomic E-state index is -1.38. The van der Waals surface area contributed by atoms with Crippen molar-refractivity contribution in [3.63, 3.8) is 0 Å². The van der Waals surface area contributed by atoms with Crippen LogP contribution >= 0.6 is 0 Å². The Morgan fingerprint density at radius 3 is 2.65 bits per heavy atom. The number of para-hydroxylation sites is 1. The Balaban J connectivity index is 1.75. The molecule has 1 saturated heterocycles. The zero-order valence-electron chi connectivity index (χ0n) is 10.6. The lowest BCUT2D eigenvalue weighted by atomic mass is 10.1. The highest BCUT2D eigenvalue weighted by Crippen LogP contribution is 2.25. The summed E-state index contributed by atoms with van der Waals surface area (Å²) in [6.45, 7) is 0.0188. The maximum absolute atomic E-state index is 9.69. The molecule has 2 heterocycles. The van der Waals surface area contributed by atoms with E-state index >= 15 is 0 Å². The second kappa shape index (κ2) is 5.34. The largest absolute Gasteiger partial charge is 0.488 e. The highest BCUT2D eigenvalue weighted by molar-refractivity contribution is 5.84. The Hall–Kier alpha value is -1.73. The minimum absolute atomic E-state index is 0.0188. The number of pyridine rings is 1. The van der Waals surface area contributed by atoms with Crippen molar-refractivity contribution in [3.8, 4) is 5.75 Å². The SMILES string of the molecule is OC1O[C@H](COc2cccc3cccnc23)[C@@H](O)[C@H]1O. The zero-order chi connectivity index (χ0) is 14.1. The second-order valence-corrected chi connectivity index (χ2v) is 4.69. The minimum Gasteiger partial charge on any atom is -0.488 e. The molecule has 20 heavy (non-hydrogen) atoms. The third-order valence-electron chi connectivity index (χ3n) is 3.34. The van der Waals surface area contributed by atoms with Gasteiger partial charge in [-0.15, -0.1) is 0 Å². The fourth-order valence-electron chi connectivity index (χ4n) is 2.23. The Morgan fingerprint density at radius 1 is 1.10 bits per heavy atom. The summed E-state index contributed by atoms with van der Waals surface area (Å²) in [6.07, 6.45) is -2.98. The lowest BCUT2D eigenvalue weighted by molar-refractivity contribution is -0.131. The molecule has 4 atom stereocenters. The monoisotopic (exact) mass is 277 g/mol. The van der Waals surface area contributed by atoms with Crippen LogP contribution in [0.3, 0.4) is 0 Å². The van der Waals surface area contributed by atoms with Gasteiger partial charge in [-0.25, -0.2) is 0 Å². The molecular formula is C14H15NO5. The number of fused-ring (bicyclic) bond motifs is 1. The van der Waals surface area contributed by atoms with E-state index in [1.54, 1.807) is 12.3 Å². The predicted molar refractivity (Wildman–Crippen MR) is 70.1 cm³/mol. The highest BCUT2D eigenvalue weighted by Gasteiger charge is 2.42. The smallest absolute Gasteiger partial charge is 0.184 e. The van der Waals surface area contributed by atoms with Gasteiger partial charge in [0.05, 0.1) is 0 Å². The molecule has 0 radical (unpaired) electrons. The van der Waals surface area contributed by atoms with E-state index in [2.05, 4.69) is 4.98 Å². The normalized spacial score (nSPS) is 29.8. The second-order valence-electron chi connectivity index (χ2n) is 4.69. The molecule has 106 valence electrons. The third kappa shape index (κ3) is 2.34. The van der Waals surface area contributed by atoms with Gasteiger partial charge in [-0.05, 0) is 12.1 Å². The van der Waals surface area contributed by atoms with E-state index in [0.29, 0.717) is 11.3 Å². The van der Waals surface area contributed by atoms with Crippen molar-refractivity contribution in [1.82, 2.24) is 4.98 Å². The number of nitrogens with zero attached hydrogens (tertiary/aromatic N) is 1. The number of aromatic nitrogens is 1. The van der Waals surface area contributed by atoms with Crippen molar-refractivity contribution >= 4 is 10.9 Å². The van der Waals surface area contributed by atoms with Crippen molar-refractivity contribution in [2.45, 2.75) is 24.6 Å². The third-order valence-corrected chi connectivity index (χ3v) is 3.34. The van der Waals surface area contributed by atoms with Crippen LogP contribution in [0.15, 0.2) is 36.5 Å². The van der Waals surface area contributed by atoms with Gasteiger partial charge in [0.1, 0.15) is 36.2 Å². The van der Waals surface area contributed by atoms with Crippen LogP contribution in [0.1, 0.15) is 0 Å². The lowest BCUT2D eigenvalue weighted by Gasteiger charge is -2.15. The van der Waals surface area contributed by atoms with Crippen LogP contribution in [0.2, 0.25) is 0 Å². The van der Waals surface area contributed by atoms with Gasteiger partial charge in [0, 0.05) is 11.6 Å². The van der Waals surface area contributed by atoms with Crippen LogP contribution < -0.4 is 4.74 Å². The van der Waals surface area contributed by atoms with Crippen molar-refractivity contribution in [2.75, 3.05) is 6.61 Å². The summed E-state index contributed by atoms with van der Waals surface area (Å²) in [7, 11) is 0. The van der Waals surface area contributed by atoms with Crippen LogP contribution in [0.25, 0.3) is 10.9 Å². The van der Waals surface area contributed by atoms with E-state index in [-0.39, 0.29) is 6.61 Å². The van der Waals surface area contributed by atoms with Gasteiger partial charge in [0.2, 0.25) is 0 Å². The van der Waals surface area contributed by atoms with E-state index in [1.165, 1.54) is 0 Å². The van der Waals surface area contributed by atoms with E-state index < -0.39 is 24.6 Å². The van der Waals surface area contributed by atoms with Gasteiger partial charge in [-0.1, -0.05) is 18.2 Å². The Kier molecular flexibility index (Phi) is 3.54. The molecule has 1 aromatic heterocycles. The van der Waals surface area contributed by atoms with Crippen LogP contribution in [0.4, 0.5) is 0 Å². The van der Waals surface area contributed by atoms with Gasteiger partial charge < -0.3 is 24.8 Å². The summed E-state index contributed by atoms with van der Waals surface area (Å²) in [6, 6.07) is 9.29. The molecule has 1 unspecified atom stereocenters. The summed E-state index contributed by atoms with van der Waals surface area (Å²) < 4.78 is 10.6. The molecule has 0 aliphatic carbocycles. The lowest BCUT2D eigenvalue weighted by Crippen LogP contribution is -2.35. The van der Waals surface area contributed by atoms with E-state index in [1.807, 2.05) is 24.3 Å². The number of hydrogen-bond donors (Lipinski definition) is 3. The first-order valence-electron chi connectivity index (χ1n) is 6.33. The molecule has 6 heteroatoms. The number of benzene rings is 1. The molecule has 0 bridgehead atoms. The summed E-state index contributed by atoms with van der Waals surface area (Å²) in [4.78, 5) is 4.25. The van der Waals surface area contributed by atoms with Crippen LogP contribution in [-0.2, 0) is 4.74 Å². The van der Waals surface area contributed by atoms with Gasteiger partial charge in [0.25, 0.3) is 0 Å². The van der Waals surface area contributed by atoms with Gasteiger partial charge in [0.15, 0.2) is 6.29 Å². The van der Waals surface area contributed by atoms with Crippen LogP contribution in [0, 0.1) is 0 Å². The van der Waals surface area contributed by atoms with Gasteiger partial charge >= 0.3 is 0 Å². The molecule has 2 aromatic rings. The van der Waals surface area contributed by atoms with Crippen molar-refractivity contribution in [1.29, 1.82) is 0 Å². The summed E-state index contributed by atoms with van der Waals surface area (Å²) in [5, 5.41) is 29.4. The molecule has 1 aliphatic rings. The van der Waals surface area contributed by atoms with E-state index in [0.717, 1.165) is 5.39 Å². The van der Waals surface area contributed by atoms with Crippen molar-refractivity contribution < 1.29 is 24.8 Å². The topological polar surface area (TPSA) is 92.0 Å². The molecule has 1 fully saturated rings. The number of aliphatic hydroxyl groups is 3. The first kappa shape index (κ1) is 13.3. The van der Waals surface area contributed by atoms with E-state index in [9.17, 15) is 15.3 Å². The molecule has 1 aromatic carbocycles. The Bertz CT molecular complexity index is 600. The number of hydrogen-bond acceptors (Lipinski definition) is 6. The molecule has 0 spiro atoms.